The zero-order valence-electron chi connectivity index (χ0n) is 12.3. The van der Waals surface area contributed by atoms with Crippen LogP contribution in [0.3, 0.4) is 0 Å². The summed E-state index contributed by atoms with van der Waals surface area (Å²) >= 11 is 0. The van der Waals surface area contributed by atoms with Gasteiger partial charge in [0.1, 0.15) is 0 Å². The van der Waals surface area contributed by atoms with Gasteiger partial charge in [0, 0.05) is 24.6 Å². The summed E-state index contributed by atoms with van der Waals surface area (Å²) in [6, 6.07) is 7.46. The van der Waals surface area contributed by atoms with Crippen LogP contribution in [0.4, 0.5) is 0 Å². The van der Waals surface area contributed by atoms with Crippen molar-refractivity contribution >= 4 is 5.97 Å². The smallest absolute Gasteiger partial charge is 0.335 e. The summed E-state index contributed by atoms with van der Waals surface area (Å²) in [5.41, 5.74) is 1.58. The fourth-order valence-electron chi connectivity index (χ4n) is 2.72. The maximum absolute atomic E-state index is 10.8. The third kappa shape index (κ3) is 3.02. The summed E-state index contributed by atoms with van der Waals surface area (Å²) in [6.07, 6.45) is 1.37. The molecule has 0 aliphatic heterocycles. The number of hydrogen-bond donors (Lipinski definition) is 2. The molecule has 1 aromatic rings. The fourth-order valence-corrected chi connectivity index (χ4v) is 2.72. The Labute approximate surface area is 120 Å². The van der Waals surface area contributed by atoms with Gasteiger partial charge in [-0.25, -0.2) is 4.79 Å². The molecule has 1 aliphatic rings. The predicted molar refractivity (Wildman–Crippen MR) is 77.8 cm³/mol. The number of rotatable bonds is 6. The standard InChI is InChI=1S/C16H23NO3/c1-4-20-14-9-13(16(14,2)3)17-10-11-5-7-12(8-6-11)15(18)19/h5-8,13-14,17H,4,9-10H2,1-3H3,(H,18,19). The second-order valence-corrected chi connectivity index (χ2v) is 5.94. The molecule has 4 heteroatoms. The van der Waals surface area contributed by atoms with Crippen molar-refractivity contribution in [1.29, 1.82) is 0 Å². The van der Waals surface area contributed by atoms with Crippen LogP contribution in [0.25, 0.3) is 0 Å². The van der Waals surface area contributed by atoms with Crippen LogP contribution >= 0.6 is 0 Å². The topological polar surface area (TPSA) is 58.6 Å². The Balaban J connectivity index is 1.86. The van der Waals surface area contributed by atoms with Crippen LogP contribution in [0.1, 0.15) is 43.1 Å². The number of carbonyl (C=O) groups is 1. The number of carboxylic acids is 1. The molecule has 1 aliphatic carbocycles. The first kappa shape index (κ1) is 15.0. The Morgan fingerprint density at radius 3 is 2.55 bits per heavy atom. The van der Waals surface area contributed by atoms with Crippen LogP contribution in [0, 0.1) is 5.41 Å². The largest absolute Gasteiger partial charge is 0.478 e. The van der Waals surface area contributed by atoms with Crippen molar-refractivity contribution in [3.8, 4) is 0 Å². The lowest BCUT2D eigenvalue weighted by Crippen LogP contribution is -2.60. The van der Waals surface area contributed by atoms with Gasteiger partial charge in [-0.05, 0) is 31.0 Å². The van der Waals surface area contributed by atoms with Crippen LogP contribution in [0.2, 0.25) is 0 Å². The van der Waals surface area contributed by atoms with E-state index in [0.29, 0.717) is 17.7 Å². The summed E-state index contributed by atoms with van der Waals surface area (Å²) < 4.78 is 5.71. The number of nitrogens with one attached hydrogen (secondary N) is 1. The second kappa shape index (κ2) is 5.94. The Morgan fingerprint density at radius 2 is 2.05 bits per heavy atom. The maximum Gasteiger partial charge on any atom is 0.335 e. The van der Waals surface area contributed by atoms with E-state index in [0.717, 1.165) is 25.1 Å². The van der Waals surface area contributed by atoms with Crippen LogP contribution in [0.5, 0.6) is 0 Å². The zero-order valence-corrected chi connectivity index (χ0v) is 12.3. The summed E-state index contributed by atoms with van der Waals surface area (Å²) in [7, 11) is 0. The highest BCUT2D eigenvalue weighted by Gasteiger charge is 2.48. The molecule has 0 heterocycles. The van der Waals surface area contributed by atoms with Crippen molar-refractivity contribution in [3.05, 3.63) is 35.4 Å². The molecule has 1 aromatic carbocycles. The lowest BCUT2D eigenvalue weighted by atomic mass is 9.64. The van der Waals surface area contributed by atoms with Gasteiger partial charge < -0.3 is 15.2 Å². The van der Waals surface area contributed by atoms with Gasteiger partial charge in [-0.3, -0.25) is 0 Å². The zero-order chi connectivity index (χ0) is 14.8. The van der Waals surface area contributed by atoms with Crippen molar-refractivity contribution in [1.82, 2.24) is 5.32 Å². The van der Waals surface area contributed by atoms with E-state index in [4.69, 9.17) is 9.84 Å². The van der Waals surface area contributed by atoms with E-state index in [1.807, 2.05) is 19.1 Å². The van der Waals surface area contributed by atoms with Gasteiger partial charge in [0.05, 0.1) is 11.7 Å². The number of ether oxygens (including phenoxy) is 1. The van der Waals surface area contributed by atoms with Gasteiger partial charge in [-0.1, -0.05) is 26.0 Å². The Bertz CT molecular complexity index is 467. The van der Waals surface area contributed by atoms with Crippen LogP contribution in [0.15, 0.2) is 24.3 Å². The maximum atomic E-state index is 10.8. The first-order valence-corrected chi connectivity index (χ1v) is 7.12. The quantitative estimate of drug-likeness (QED) is 0.839. The molecule has 2 atom stereocenters. The monoisotopic (exact) mass is 277 g/mol. The lowest BCUT2D eigenvalue weighted by Gasteiger charge is -2.52. The Morgan fingerprint density at radius 1 is 1.40 bits per heavy atom. The minimum Gasteiger partial charge on any atom is -0.478 e. The van der Waals surface area contributed by atoms with Gasteiger partial charge in [0.15, 0.2) is 0 Å². The van der Waals surface area contributed by atoms with Crippen molar-refractivity contribution < 1.29 is 14.6 Å². The molecule has 20 heavy (non-hydrogen) atoms. The van der Waals surface area contributed by atoms with Gasteiger partial charge in [0.25, 0.3) is 0 Å². The molecule has 0 aromatic heterocycles. The van der Waals surface area contributed by atoms with Crippen molar-refractivity contribution in [2.45, 2.75) is 45.9 Å². The van der Waals surface area contributed by atoms with E-state index in [1.165, 1.54) is 0 Å². The molecule has 0 bridgehead atoms. The number of hydrogen-bond acceptors (Lipinski definition) is 3. The fraction of sp³-hybridized carbons (Fsp3) is 0.562. The first-order chi connectivity index (χ1) is 9.45. The highest BCUT2D eigenvalue weighted by molar-refractivity contribution is 5.87. The lowest BCUT2D eigenvalue weighted by molar-refractivity contribution is -0.114. The Hall–Kier alpha value is -1.39. The molecule has 4 nitrogen and oxygen atoms in total. The summed E-state index contributed by atoms with van der Waals surface area (Å²) in [4.78, 5) is 10.8. The normalized spacial score (nSPS) is 24.1. The average molecular weight is 277 g/mol. The molecule has 0 amide bonds. The van der Waals surface area contributed by atoms with Crippen LogP contribution in [-0.2, 0) is 11.3 Å². The van der Waals surface area contributed by atoms with Crippen molar-refractivity contribution in [2.75, 3.05) is 6.61 Å². The summed E-state index contributed by atoms with van der Waals surface area (Å²) in [5, 5.41) is 12.4. The summed E-state index contributed by atoms with van der Waals surface area (Å²) in [5.74, 6) is -0.885. The molecule has 0 spiro atoms. The third-order valence-electron chi connectivity index (χ3n) is 4.30. The molecular formula is C16H23NO3. The molecule has 1 fully saturated rings. The summed E-state index contributed by atoms with van der Waals surface area (Å²) in [6.45, 7) is 8.00. The number of carboxylic acid groups (broad SMARTS) is 1. The molecular weight excluding hydrogens is 254 g/mol. The van der Waals surface area contributed by atoms with Gasteiger partial charge in [0.2, 0.25) is 0 Å². The molecule has 0 saturated heterocycles. The molecule has 0 radical (unpaired) electrons. The molecule has 110 valence electrons. The van der Waals surface area contributed by atoms with Crippen molar-refractivity contribution in [2.24, 2.45) is 5.41 Å². The van der Waals surface area contributed by atoms with Gasteiger partial charge >= 0.3 is 5.97 Å². The SMILES string of the molecule is CCOC1CC(NCc2ccc(C(=O)O)cc2)C1(C)C. The minimum absolute atomic E-state index is 0.150. The Kier molecular flexibility index (Phi) is 4.45. The predicted octanol–water partition coefficient (Wildman–Crippen LogP) is 2.68. The highest BCUT2D eigenvalue weighted by atomic mass is 16.5. The molecule has 2 unspecified atom stereocenters. The van der Waals surface area contributed by atoms with Gasteiger partial charge in [-0.2, -0.15) is 0 Å². The van der Waals surface area contributed by atoms with E-state index >= 15 is 0 Å². The average Bonchev–Trinajstić information content (AvgIpc) is 2.42. The first-order valence-electron chi connectivity index (χ1n) is 7.12. The molecule has 1 saturated carbocycles. The van der Waals surface area contributed by atoms with E-state index in [9.17, 15) is 4.79 Å². The van der Waals surface area contributed by atoms with Crippen molar-refractivity contribution in [3.63, 3.8) is 0 Å². The number of aromatic carboxylic acids is 1. The highest BCUT2D eigenvalue weighted by Crippen LogP contribution is 2.42. The van der Waals surface area contributed by atoms with Crippen LogP contribution in [-0.4, -0.2) is 29.8 Å². The van der Waals surface area contributed by atoms with E-state index < -0.39 is 5.97 Å². The van der Waals surface area contributed by atoms with E-state index in [2.05, 4.69) is 19.2 Å². The van der Waals surface area contributed by atoms with Gasteiger partial charge in [-0.15, -0.1) is 0 Å². The van der Waals surface area contributed by atoms with E-state index in [-0.39, 0.29) is 5.41 Å². The second-order valence-electron chi connectivity index (χ2n) is 5.94. The third-order valence-corrected chi connectivity index (χ3v) is 4.30. The van der Waals surface area contributed by atoms with E-state index in [1.54, 1.807) is 12.1 Å². The number of benzene rings is 1. The van der Waals surface area contributed by atoms with Crippen LogP contribution < -0.4 is 5.32 Å². The minimum atomic E-state index is -0.885. The molecule has 2 rings (SSSR count). The molecule has 2 N–H and O–H groups in total.